The summed E-state index contributed by atoms with van der Waals surface area (Å²) in [5, 5.41) is 16.7. The minimum atomic E-state index is -1.73. The number of nitrogens with one attached hydrogen (secondary N) is 1. The molecule has 2 aromatic rings. The van der Waals surface area contributed by atoms with Crippen LogP contribution < -0.4 is 10.1 Å². The highest BCUT2D eigenvalue weighted by Crippen LogP contribution is 2.35. The molecular formula is C19H16Cl2N2O5. The number of ether oxygens (including phenoxy) is 1. The maximum absolute atomic E-state index is 13.0. The number of methoxy groups -OCH3 is 1. The zero-order valence-corrected chi connectivity index (χ0v) is 16.3. The van der Waals surface area contributed by atoms with E-state index in [1.807, 2.05) is 0 Å². The van der Waals surface area contributed by atoms with Gasteiger partial charge in [-0.25, -0.2) is 0 Å². The van der Waals surface area contributed by atoms with E-state index in [-0.39, 0.29) is 6.42 Å². The number of hydrogen-bond acceptors (Lipinski definition) is 5. The summed E-state index contributed by atoms with van der Waals surface area (Å²) in [5.41, 5.74) is -0.475. The summed E-state index contributed by atoms with van der Waals surface area (Å²) in [5.74, 6) is -1.52. The Morgan fingerprint density at radius 2 is 2.04 bits per heavy atom. The van der Waals surface area contributed by atoms with Crippen LogP contribution in [0.5, 0.6) is 5.75 Å². The molecule has 0 saturated carbocycles. The molecule has 0 bridgehead atoms. The standard InChI is InChI=1S/C19H16Cl2N2O5/c1-27-16-7-6-11(20)8-14(16)22-18(26)19(10-17(24)25)9-15(23-28-19)12-4-2-3-5-13(12)21/h2-8H,9-10H2,1H3,(H,22,26)(H,24,25). The molecule has 1 aliphatic heterocycles. The van der Waals surface area contributed by atoms with E-state index in [2.05, 4.69) is 10.5 Å². The highest BCUT2D eigenvalue weighted by molar-refractivity contribution is 6.34. The molecule has 0 aromatic heterocycles. The van der Waals surface area contributed by atoms with Crippen molar-refractivity contribution in [1.82, 2.24) is 0 Å². The molecule has 0 saturated heterocycles. The Morgan fingerprint density at radius 1 is 1.29 bits per heavy atom. The van der Waals surface area contributed by atoms with E-state index >= 15 is 0 Å². The van der Waals surface area contributed by atoms with Crippen molar-refractivity contribution >= 4 is 46.5 Å². The fourth-order valence-corrected chi connectivity index (χ4v) is 3.29. The van der Waals surface area contributed by atoms with E-state index in [4.69, 9.17) is 32.8 Å². The number of halogens is 2. The van der Waals surface area contributed by atoms with Crippen LogP contribution in [0.4, 0.5) is 5.69 Å². The lowest BCUT2D eigenvalue weighted by molar-refractivity contribution is -0.152. The maximum atomic E-state index is 13.0. The minimum Gasteiger partial charge on any atom is -0.495 e. The molecular weight excluding hydrogens is 407 g/mol. The van der Waals surface area contributed by atoms with Crippen molar-refractivity contribution in [2.45, 2.75) is 18.4 Å². The summed E-state index contributed by atoms with van der Waals surface area (Å²) in [6.07, 6.45) is -0.642. The monoisotopic (exact) mass is 422 g/mol. The van der Waals surface area contributed by atoms with Gasteiger partial charge in [-0.3, -0.25) is 9.59 Å². The largest absolute Gasteiger partial charge is 0.495 e. The third kappa shape index (κ3) is 4.05. The number of amides is 1. The van der Waals surface area contributed by atoms with Crippen LogP contribution in [-0.4, -0.2) is 35.4 Å². The highest BCUT2D eigenvalue weighted by Gasteiger charge is 2.49. The molecule has 1 heterocycles. The van der Waals surface area contributed by atoms with E-state index < -0.39 is 23.9 Å². The number of rotatable bonds is 6. The van der Waals surface area contributed by atoms with Crippen LogP contribution >= 0.6 is 23.2 Å². The van der Waals surface area contributed by atoms with Gasteiger partial charge < -0.3 is 20.0 Å². The first kappa shape index (κ1) is 20.0. The van der Waals surface area contributed by atoms with Crippen molar-refractivity contribution in [2.75, 3.05) is 12.4 Å². The fourth-order valence-electron chi connectivity index (χ4n) is 2.87. The summed E-state index contributed by atoms with van der Waals surface area (Å²) < 4.78 is 5.21. The van der Waals surface area contributed by atoms with Gasteiger partial charge in [-0.2, -0.15) is 0 Å². The van der Waals surface area contributed by atoms with Crippen molar-refractivity contribution in [2.24, 2.45) is 5.16 Å². The van der Waals surface area contributed by atoms with Crippen LogP contribution in [0.1, 0.15) is 18.4 Å². The molecule has 3 rings (SSSR count). The first-order chi connectivity index (χ1) is 13.3. The second kappa shape index (κ2) is 8.08. The van der Waals surface area contributed by atoms with Crippen LogP contribution in [0, 0.1) is 0 Å². The molecule has 2 aromatic carbocycles. The molecule has 1 atom stereocenters. The number of benzene rings is 2. The maximum Gasteiger partial charge on any atom is 0.308 e. The molecule has 1 unspecified atom stereocenters. The second-order valence-electron chi connectivity index (χ2n) is 6.15. The Bertz CT molecular complexity index is 963. The van der Waals surface area contributed by atoms with Crippen molar-refractivity contribution in [1.29, 1.82) is 0 Å². The zero-order valence-electron chi connectivity index (χ0n) is 14.7. The molecule has 1 amide bonds. The number of oxime groups is 1. The average molecular weight is 423 g/mol. The van der Waals surface area contributed by atoms with E-state index in [0.717, 1.165) is 0 Å². The third-order valence-corrected chi connectivity index (χ3v) is 4.79. The van der Waals surface area contributed by atoms with Gasteiger partial charge in [0.25, 0.3) is 5.91 Å². The Kier molecular flexibility index (Phi) is 5.76. The van der Waals surface area contributed by atoms with Crippen LogP contribution in [0.3, 0.4) is 0 Å². The minimum absolute atomic E-state index is 0.0578. The molecule has 9 heteroatoms. The summed E-state index contributed by atoms with van der Waals surface area (Å²) in [6, 6.07) is 11.6. The summed E-state index contributed by atoms with van der Waals surface area (Å²) >= 11 is 12.2. The SMILES string of the molecule is COc1ccc(Cl)cc1NC(=O)C1(CC(=O)O)CC(c2ccccc2Cl)=NO1. The van der Waals surface area contributed by atoms with E-state index in [9.17, 15) is 14.7 Å². The lowest BCUT2D eigenvalue weighted by atomic mass is 9.90. The first-order valence-corrected chi connectivity index (χ1v) is 8.97. The summed E-state index contributed by atoms with van der Waals surface area (Å²) in [6.45, 7) is 0. The van der Waals surface area contributed by atoms with E-state index in [0.29, 0.717) is 32.8 Å². The highest BCUT2D eigenvalue weighted by atomic mass is 35.5. The molecule has 7 nitrogen and oxygen atoms in total. The molecule has 0 aliphatic carbocycles. The normalized spacial score (nSPS) is 18.2. The number of aliphatic carboxylic acids is 1. The van der Waals surface area contributed by atoms with Gasteiger partial charge in [-0.1, -0.05) is 46.6 Å². The average Bonchev–Trinajstić information content (AvgIpc) is 3.06. The Morgan fingerprint density at radius 3 is 2.71 bits per heavy atom. The van der Waals surface area contributed by atoms with Gasteiger partial charge in [0.05, 0.1) is 24.9 Å². The van der Waals surface area contributed by atoms with Crippen molar-refractivity contribution in [3.8, 4) is 5.75 Å². The number of carboxylic acids is 1. The van der Waals surface area contributed by atoms with Crippen molar-refractivity contribution in [3.05, 3.63) is 58.1 Å². The Labute approximate surface area is 170 Å². The lowest BCUT2D eigenvalue weighted by Crippen LogP contribution is -2.45. The molecule has 0 radical (unpaired) electrons. The summed E-state index contributed by atoms with van der Waals surface area (Å²) in [4.78, 5) is 29.8. The van der Waals surface area contributed by atoms with E-state index in [1.165, 1.54) is 13.2 Å². The van der Waals surface area contributed by atoms with Gasteiger partial charge in [-0.15, -0.1) is 0 Å². The van der Waals surface area contributed by atoms with Crippen molar-refractivity contribution < 1.29 is 24.3 Å². The van der Waals surface area contributed by atoms with Crippen LogP contribution in [0.2, 0.25) is 10.0 Å². The number of hydrogen-bond donors (Lipinski definition) is 2. The van der Waals surface area contributed by atoms with Crippen LogP contribution in [0.15, 0.2) is 47.6 Å². The Hall–Kier alpha value is -2.77. The van der Waals surface area contributed by atoms with Crippen LogP contribution in [0.25, 0.3) is 0 Å². The van der Waals surface area contributed by atoms with E-state index in [1.54, 1.807) is 36.4 Å². The predicted molar refractivity (Wildman–Crippen MR) is 105 cm³/mol. The first-order valence-electron chi connectivity index (χ1n) is 8.21. The summed E-state index contributed by atoms with van der Waals surface area (Å²) in [7, 11) is 1.44. The zero-order chi connectivity index (χ0) is 20.3. The molecule has 0 spiro atoms. The third-order valence-electron chi connectivity index (χ3n) is 4.23. The second-order valence-corrected chi connectivity index (χ2v) is 6.99. The lowest BCUT2D eigenvalue weighted by Gasteiger charge is -2.24. The quantitative estimate of drug-likeness (QED) is 0.733. The predicted octanol–water partition coefficient (Wildman–Crippen LogP) is 3.98. The van der Waals surface area contributed by atoms with Gasteiger partial charge in [0.1, 0.15) is 5.75 Å². The molecule has 0 fully saturated rings. The van der Waals surface area contributed by atoms with Gasteiger partial charge >= 0.3 is 5.97 Å². The van der Waals surface area contributed by atoms with Gasteiger partial charge in [0.15, 0.2) is 0 Å². The number of nitrogens with zero attached hydrogens (tertiary/aromatic N) is 1. The fraction of sp³-hybridized carbons (Fsp3) is 0.211. The topological polar surface area (TPSA) is 97.2 Å². The molecule has 146 valence electrons. The number of carbonyl (C=O) groups is 2. The number of anilines is 1. The van der Waals surface area contributed by atoms with Gasteiger partial charge in [0.2, 0.25) is 5.60 Å². The molecule has 1 aliphatic rings. The number of carboxylic acid groups (broad SMARTS) is 1. The van der Waals surface area contributed by atoms with Gasteiger partial charge in [0, 0.05) is 22.0 Å². The smallest absolute Gasteiger partial charge is 0.308 e. The van der Waals surface area contributed by atoms with Crippen LogP contribution in [-0.2, 0) is 14.4 Å². The Balaban J connectivity index is 1.89. The number of carbonyl (C=O) groups excluding carboxylic acids is 1. The molecule has 28 heavy (non-hydrogen) atoms. The molecule has 2 N–H and O–H groups in total. The van der Waals surface area contributed by atoms with Gasteiger partial charge in [-0.05, 0) is 24.3 Å². The van der Waals surface area contributed by atoms with Crippen molar-refractivity contribution in [3.63, 3.8) is 0 Å².